The highest BCUT2D eigenvalue weighted by atomic mass is 16.5. The maximum atomic E-state index is 10.4. The van der Waals surface area contributed by atoms with Gasteiger partial charge in [-0.25, -0.2) is 0 Å². The number of hydrogen-bond acceptors (Lipinski definition) is 5. The van der Waals surface area contributed by atoms with Crippen molar-refractivity contribution in [2.75, 3.05) is 47.0 Å². The van der Waals surface area contributed by atoms with Crippen molar-refractivity contribution in [2.45, 2.75) is 25.6 Å². The predicted molar refractivity (Wildman–Crippen MR) is 112 cm³/mol. The topological polar surface area (TPSA) is 45.2 Å². The molecule has 5 nitrogen and oxygen atoms in total. The summed E-state index contributed by atoms with van der Waals surface area (Å²) in [4.78, 5) is 4.52. The van der Waals surface area contributed by atoms with Crippen LogP contribution in [-0.4, -0.2) is 68.0 Å². The molecule has 0 amide bonds. The van der Waals surface area contributed by atoms with Crippen molar-refractivity contribution >= 4 is 0 Å². The van der Waals surface area contributed by atoms with Crippen LogP contribution in [0.25, 0.3) is 0 Å². The van der Waals surface area contributed by atoms with Crippen molar-refractivity contribution in [3.63, 3.8) is 0 Å². The number of nitrogens with zero attached hydrogens (tertiary/aromatic N) is 2. The Bertz CT molecular complexity index is 737. The van der Waals surface area contributed by atoms with E-state index in [0.717, 1.165) is 45.0 Å². The molecule has 2 aromatic rings. The van der Waals surface area contributed by atoms with Crippen LogP contribution < -0.4 is 4.74 Å². The lowest BCUT2D eigenvalue weighted by Crippen LogP contribution is -2.38. The lowest BCUT2D eigenvalue weighted by Gasteiger charge is -2.30. The van der Waals surface area contributed by atoms with Crippen molar-refractivity contribution in [1.82, 2.24) is 9.80 Å². The third-order valence-corrected chi connectivity index (χ3v) is 5.15. The molecule has 28 heavy (non-hydrogen) atoms. The van der Waals surface area contributed by atoms with Gasteiger partial charge in [0.05, 0.1) is 6.61 Å². The summed E-state index contributed by atoms with van der Waals surface area (Å²) in [6, 6.07) is 16.7. The standard InChI is InChI=1S/C23H32N2O3/c1-24(12-13-27-2)15-19-6-5-9-23(14-19)28-18-22(26)17-25-11-10-20-7-3-4-8-21(20)16-25/h3-9,14,22,26H,10-13,15-18H2,1-2H3. The Kier molecular flexibility index (Phi) is 7.86. The van der Waals surface area contributed by atoms with Gasteiger partial charge in [0.2, 0.25) is 0 Å². The summed E-state index contributed by atoms with van der Waals surface area (Å²) in [5.74, 6) is 0.806. The molecule has 1 unspecified atom stereocenters. The predicted octanol–water partition coefficient (Wildman–Crippen LogP) is 2.56. The van der Waals surface area contributed by atoms with E-state index in [2.05, 4.69) is 47.2 Å². The van der Waals surface area contributed by atoms with Gasteiger partial charge in [0.1, 0.15) is 18.5 Å². The number of methoxy groups -OCH3 is 1. The summed E-state index contributed by atoms with van der Waals surface area (Å²) in [6.07, 6.45) is 0.542. The molecule has 5 heteroatoms. The molecular formula is C23H32N2O3. The number of likely N-dealkylation sites (N-methyl/N-ethyl adjacent to an activating group) is 1. The van der Waals surface area contributed by atoms with Gasteiger partial charge in [-0.2, -0.15) is 0 Å². The first-order chi connectivity index (χ1) is 13.6. The molecule has 0 radical (unpaired) electrons. The number of aliphatic hydroxyl groups excluding tert-OH is 1. The van der Waals surface area contributed by atoms with Crippen molar-refractivity contribution in [3.05, 3.63) is 65.2 Å². The number of rotatable bonds is 10. The fourth-order valence-electron chi connectivity index (χ4n) is 3.62. The van der Waals surface area contributed by atoms with Gasteiger partial charge in [0.15, 0.2) is 0 Å². The first kappa shape index (κ1) is 20.8. The van der Waals surface area contributed by atoms with Gasteiger partial charge in [-0.3, -0.25) is 9.80 Å². The number of β-amino-alcohol motifs (C(OH)–C–C–N with tert-alkyl or cyclic N) is 1. The highest BCUT2D eigenvalue weighted by molar-refractivity contribution is 5.29. The molecule has 0 aliphatic carbocycles. The van der Waals surface area contributed by atoms with Crippen LogP contribution in [0.15, 0.2) is 48.5 Å². The Morgan fingerprint density at radius 1 is 1.14 bits per heavy atom. The first-order valence-corrected chi connectivity index (χ1v) is 10.0. The zero-order chi connectivity index (χ0) is 19.8. The highest BCUT2D eigenvalue weighted by Crippen LogP contribution is 2.19. The molecule has 3 rings (SSSR count). The molecule has 0 spiro atoms. The van der Waals surface area contributed by atoms with Crippen molar-refractivity contribution in [2.24, 2.45) is 0 Å². The van der Waals surface area contributed by atoms with Gasteiger partial charge in [0, 0.05) is 39.8 Å². The van der Waals surface area contributed by atoms with E-state index < -0.39 is 6.10 Å². The van der Waals surface area contributed by atoms with Crippen molar-refractivity contribution in [3.8, 4) is 5.75 Å². The van der Waals surface area contributed by atoms with Crippen LogP contribution in [0.5, 0.6) is 5.75 Å². The highest BCUT2D eigenvalue weighted by Gasteiger charge is 2.18. The molecule has 0 fully saturated rings. The van der Waals surface area contributed by atoms with Crippen LogP contribution in [0.4, 0.5) is 0 Å². The molecule has 0 bridgehead atoms. The Labute approximate surface area is 168 Å². The Balaban J connectivity index is 1.44. The van der Waals surface area contributed by atoms with Crippen molar-refractivity contribution < 1.29 is 14.6 Å². The second kappa shape index (κ2) is 10.6. The summed E-state index contributed by atoms with van der Waals surface area (Å²) in [7, 11) is 3.79. The minimum absolute atomic E-state index is 0.307. The second-order valence-electron chi connectivity index (χ2n) is 7.60. The lowest BCUT2D eigenvalue weighted by atomic mass is 10.00. The summed E-state index contributed by atoms with van der Waals surface area (Å²) in [5.41, 5.74) is 3.99. The van der Waals surface area contributed by atoms with Crippen LogP contribution in [0, 0.1) is 0 Å². The Morgan fingerprint density at radius 2 is 1.96 bits per heavy atom. The van der Waals surface area contributed by atoms with Gasteiger partial charge in [-0.05, 0) is 42.3 Å². The van der Waals surface area contributed by atoms with Crippen LogP contribution >= 0.6 is 0 Å². The minimum Gasteiger partial charge on any atom is -0.491 e. The maximum Gasteiger partial charge on any atom is 0.119 e. The van der Waals surface area contributed by atoms with E-state index in [1.807, 2.05) is 18.2 Å². The van der Waals surface area contributed by atoms with Gasteiger partial charge in [-0.15, -0.1) is 0 Å². The minimum atomic E-state index is -0.502. The molecule has 1 heterocycles. The monoisotopic (exact) mass is 384 g/mol. The van der Waals surface area contributed by atoms with E-state index in [-0.39, 0.29) is 0 Å². The molecule has 1 aliphatic heterocycles. The number of aliphatic hydroxyl groups is 1. The van der Waals surface area contributed by atoms with Gasteiger partial charge in [0.25, 0.3) is 0 Å². The van der Waals surface area contributed by atoms with Gasteiger partial charge < -0.3 is 14.6 Å². The second-order valence-corrected chi connectivity index (χ2v) is 7.60. The average Bonchev–Trinajstić information content (AvgIpc) is 2.71. The zero-order valence-electron chi connectivity index (χ0n) is 17.0. The van der Waals surface area contributed by atoms with E-state index in [0.29, 0.717) is 13.2 Å². The average molecular weight is 385 g/mol. The number of hydrogen-bond donors (Lipinski definition) is 1. The summed E-state index contributed by atoms with van der Waals surface area (Å²) < 4.78 is 11.0. The molecule has 0 aromatic heterocycles. The molecule has 1 aliphatic rings. The third-order valence-electron chi connectivity index (χ3n) is 5.15. The summed E-state index contributed by atoms with van der Waals surface area (Å²) in [5, 5.41) is 10.4. The molecule has 0 saturated carbocycles. The fourth-order valence-corrected chi connectivity index (χ4v) is 3.62. The van der Waals surface area contributed by atoms with Crippen LogP contribution in [-0.2, 0) is 24.2 Å². The molecule has 1 atom stereocenters. The molecule has 152 valence electrons. The number of fused-ring (bicyclic) bond motifs is 1. The molecular weight excluding hydrogens is 352 g/mol. The van der Waals surface area contributed by atoms with Gasteiger partial charge >= 0.3 is 0 Å². The zero-order valence-corrected chi connectivity index (χ0v) is 17.0. The van der Waals surface area contributed by atoms with Crippen LogP contribution in [0.3, 0.4) is 0 Å². The maximum absolute atomic E-state index is 10.4. The van der Waals surface area contributed by atoms with Crippen LogP contribution in [0.2, 0.25) is 0 Å². The molecule has 1 N–H and O–H groups in total. The quantitative estimate of drug-likeness (QED) is 0.682. The van der Waals surface area contributed by atoms with Crippen LogP contribution in [0.1, 0.15) is 16.7 Å². The number of ether oxygens (including phenoxy) is 2. The lowest BCUT2D eigenvalue weighted by molar-refractivity contribution is 0.0637. The van der Waals surface area contributed by atoms with Gasteiger partial charge in [-0.1, -0.05) is 36.4 Å². The van der Waals surface area contributed by atoms with Crippen molar-refractivity contribution in [1.29, 1.82) is 0 Å². The third kappa shape index (κ3) is 6.31. The van der Waals surface area contributed by atoms with E-state index in [4.69, 9.17) is 9.47 Å². The SMILES string of the molecule is COCCN(C)Cc1cccc(OCC(O)CN2CCc3ccccc3C2)c1. The molecule has 2 aromatic carbocycles. The van der Waals surface area contributed by atoms with E-state index in [1.54, 1.807) is 7.11 Å². The largest absolute Gasteiger partial charge is 0.491 e. The smallest absolute Gasteiger partial charge is 0.119 e. The first-order valence-electron chi connectivity index (χ1n) is 10.0. The van der Waals surface area contributed by atoms with E-state index in [1.165, 1.54) is 16.7 Å². The Morgan fingerprint density at radius 3 is 2.79 bits per heavy atom. The van der Waals surface area contributed by atoms with E-state index >= 15 is 0 Å². The normalized spacial score (nSPS) is 15.4. The fraction of sp³-hybridized carbons (Fsp3) is 0.478. The summed E-state index contributed by atoms with van der Waals surface area (Å²) >= 11 is 0. The Hall–Kier alpha value is -1.92. The number of benzene rings is 2. The summed E-state index contributed by atoms with van der Waals surface area (Å²) in [6.45, 7) is 5.28. The molecule has 0 saturated heterocycles. The van der Waals surface area contributed by atoms with E-state index in [9.17, 15) is 5.11 Å².